The van der Waals surface area contributed by atoms with Crippen molar-refractivity contribution >= 4 is 40.1 Å². The lowest BCUT2D eigenvalue weighted by Crippen LogP contribution is -2.18. The summed E-state index contributed by atoms with van der Waals surface area (Å²) in [5.41, 5.74) is 1.22. The highest BCUT2D eigenvalue weighted by molar-refractivity contribution is 7.71. The van der Waals surface area contributed by atoms with Crippen molar-refractivity contribution in [2.24, 2.45) is 5.10 Å². The minimum atomic E-state index is -0.264. The van der Waals surface area contributed by atoms with E-state index >= 15 is 0 Å². The SMILES string of the molecule is COc1ccc2ccccc2c1C=Nn1c(=S)[nH]c2ccccc2c1=O. The Morgan fingerprint density at radius 3 is 2.58 bits per heavy atom. The number of ether oxygens (including phenoxy) is 1. The Hall–Kier alpha value is -3.25. The van der Waals surface area contributed by atoms with Crippen LogP contribution in [0.5, 0.6) is 5.75 Å². The monoisotopic (exact) mass is 361 g/mol. The van der Waals surface area contributed by atoms with Crippen LogP contribution in [0, 0.1) is 4.77 Å². The van der Waals surface area contributed by atoms with E-state index in [0.29, 0.717) is 16.7 Å². The first-order valence-electron chi connectivity index (χ1n) is 8.03. The molecule has 0 unspecified atom stereocenters. The molecule has 0 aliphatic heterocycles. The molecule has 1 N–H and O–H groups in total. The summed E-state index contributed by atoms with van der Waals surface area (Å²) in [4.78, 5) is 15.8. The summed E-state index contributed by atoms with van der Waals surface area (Å²) in [5, 5.41) is 6.93. The van der Waals surface area contributed by atoms with E-state index in [0.717, 1.165) is 16.3 Å². The van der Waals surface area contributed by atoms with Crippen molar-refractivity contribution in [2.75, 3.05) is 7.11 Å². The first kappa shape index (κ1) is 16.2. The van der Waals surface area contributed by atoms with Crippen molar-refractivity contribution in [3.05, 3.63) is 81.4 Å². The quantitative estimate of drug-likeness (QED) is 0.441. The zero-order chi connectivity index (χ0) is 18.1. The highest BCUT2D eigenvalue weighted by Crippen LogP contribution is 2.26. The zero-order valence-corrected chi connectivity index (χ0v) is 14.8. The average molecular weight is 361 g/mol. The van der Waals surface area contributed by atoms with Crippen LogP contribution in [0.3, 0.4) is 0 Å². The number of rotatable bonds is 3. The molecule has 4 aromatic rings. The molecule has 4 rings (SSSR count). The first-order valence-corrected chi connectivity index (χ1v) is 8.44. The van der Waals surface area contributed by atoms with E-state index in [2.05, 4.69) is 10.1 Å². The molecule has 3 aromatic carbocycles. The van der Waals surface area contributed by atoms with Gasteiger partial charge in [0, 0.05) is 5.56 Å². The van der Waals surface area contributed by atoms with Crippen molar-refractivity contribution < 1.29 is 4.74 Å². The number of methoxy groups -OCH3 is 1. The van der Waals surface area contributed by atoms with Gasteiger partial charge < -0.3 is 9.72 Å². The van der Waals surface area contributed by atoms with Gasteiger partial charge in [-0.2, -0.15) is 9.78 Å². The van der Waals surface area contributed by atoms with Gasteiger partial charge >= 0.3 is 0 Å². The minimum Gasteiger partial charge on any atom is -0.496 e. The van der Waals surface area contributed by atoms with Gasteiger partial charge in [-0.3, -0.25) is 4.79 Å². The fourth-order valence-electron chi connectivity index (χ4n) is 2.96. The predicted molar refractivity (Wildman–Crippen MR) is 107 cm³/mol. The number of nitrogens with zero attached hydrogens (tertiary/aromatic N) is 2. The van der Waals surface area contributed by atoms with Crippen molar-refractivity contribution in [3.8, 4) is 5.75 Å². The molecule has 26 heavy (non-hydrogen) atoms. The second kappa shape index (κ2) is 6.57. The van der Waals surface area contributed by atoms with Crippen LogP contribution in [0.1, 0.15) is 5.56 Å². The second-order valence-electron chi connectivity index (χ2n) is 5.74. The topological polar surface area (TPSA) is 59.4 Å². The molecule has 0 aliphatic carbocycles. The van der Waals surface area contributed by atoms with Crippen molar-refractivity contribution in [1.29, 1.82) is 0 Å². The Bertz CT molecular complexity index is 1270. The maximum Gasteiger partial charge on any atom is 0.282 e. The first-order chi connectivity index (χ1) is 12.7. The molecule has 1 aromatic heterocycles. The molecule has 0 amide bonds. The van der Waals surface area contributed by atoms with Crippen molar-refractivity contribution in [3.63, 3.8) is 0 Å². The summed E-state index contributed by atoms with van der Waals surface area (Å²) >= 11 is 5.30. The molecule has 0 saturated heterocycles. The summed E-state index contributed by atoms with van der Waals surface area (Å²) in [6.45, 7) is 0. The number of aromatic nitrogens is 2. The maximum absolute atomic E-state index is 12.7. The minimum absolute atomic E-state index is 0.240. The molecule has 0 bridgehead atoms. The van der Waals surface area contributed by atoms with E-state index in [-0.39, 0.29) is 10.3 Å². The Balaban J connectivity index is 1.93. The van der Waals surface area contributed by atoms with Crippen molar-refractivity contribution in [2.45, 2.75) is 0 Å². The van der Waals surface area contributed by atoms with Gasteiger partial charge in [0.05, 0.1) is 24.2 Å². The number of hydrogen-bond acceptors (Lipinski definition) is 4. The summed E-state index contributed by atoms with van der Waals surface area (Å²) in [6.07, 6.45) is 1.61. The van der Waals surface area contributed by atoms with Gasteiger partial charge in [-0.15, -0.1) is 0 Å². The van der Waals surface area contributed by atoms with Crippen LogP contribution >= 0.6 is 12.2 Å². The number of fused-ring (bicyclic) bond motifs is 2. The van der Waals surface area contributed by atoms with Crippen LogP contribution in [0.25, 0.3) is 21.7 Å². The molecular formula is C20H15N3O2S. The number of aromatic amines is 1. The lowest BCUT2D eigenvalue weighted by Gasteiger charge is -2.08. The molecule has 0 atom stereocenters. The summed E-state index contributed by atoms with van der Waals surface area (Å²) in [6, 6.07) is 19.0. The Kier molecular flexibility index (Phi) is 4.10. The number of benzene rings is 3. The molecule has 0 aliphatic rings. The standard InChI is InChI=1S/C20H15N3O2S/c1-25-18-11-10-13-6-2-3-7-14(13)16(18)12-21-23-19(24)15-8-4-5-9-17(15)22-20(23)26/h2-12H,1H3,(H,22,26). The molecule has 0 radical (unpaired) electrons. The van der Waals surface area contributed by atoms with E-state index in [1.807, 2.05) is 54.6 Å². The van der Waals surface area contributed by atoms with Crippen LogP contribution in [0.15, 0.2) is 70.6 Å². The van der Waals surface area contributed by atoms with E-state index < -0.39 is 0 Å². The van der Waals surface area contributed by atoms with Gasteiger partial charge in [0.15, 0.2) is 0 Å². The number of hydrogen-bond donors (Lipinski definition) is 1. The highest BCUT2D eigenvalue weighted by Gasteiger charge is 2.07. The molecule has 0 fully saturated rings. The summed E-state index contributed by atoms with van der Waals surface area (Å²) < 4.78 is 6.89. The van der Waals surface area contributed by atoms with E-state index in [4.69, 9.17) is 17.0 Å². The lowest BCUT2D eigenvalue weighted by molar-refractivity contribution is 0.415. The molecule has 1 heterocycles. The van der Waals surface area contributed by atoms with Crippen molar-refractivity contribution in [1.82, 2.24) is 9.66 Å². The van der Waals surface area contributed by atoms with E-state index in [1.165, 1.54) is 4.68 Å². The number of para-hydroxylation sites is 1. The third-order valence-corrected chi connectivity index (χ3v) is 4.51. The van der Waals surface area contributed by atoms with Crippen LogP contribution < -0.4 is 10.3 Å². The lowest BCUT2D eigenvalue weighted by atomic mass is 10.0. The third-order valence-electron chi connectivity index (χ3n) is 4.24. The molecule has 128 valence electrons. The normalized spacial score (nSPS) is 11.4. The van der Waals surface area contributed by atoms with Gasteiger partial charge in [0.2, 0.25) is 4.77 Å². The fourth-order valence-corrected chi connectivity index (χ4v) is 3.20. The largest absolute Gasteiger partial charge is 0.496 e. The number of nitrogens with one attached hydrogen (secondary N) is 1. The summed E-state index contributed by atoms with van der Waals surface area (Å²) in [7, 11) is 1.61. The average Bonchev–Trinajstić information content (AvgIpc) is 2.67. The molecule has 0 saturated carbocycles. The van der Waals surface area contributed by atoms with E-state index in [1.54, 1.807) is 19.4 Å². The van der Waals surface area contributed by atoms with Crippen LogP contribution in [0.4, 0.5) is 0 Å². The molecule has 5 nitrogen and oxygen atoms in total. The third kappa shape index (κ3) is 2.70. The van der Waals surface area contributed by atoms with Gasteiger partial charge in [0.25, 0.3) is 5.56 Å². The summed E-state index contributed by atoms with van der Waals surface area (Å²) in [5.74, 6) is 0.677. The number of H-pyrrole nitrogens is 1. The zero-order valence-electron chi connectivity index (χ0n) is 14.0. The van der Waals surface area contributed by atoms with Crippen LogP contribution in [0.2, 0.25) is 0 Å². The Morgan fingerprint density at radius 1 is 1.04 bits per heavy atom. The fraction of sp³-hybridized carbons (Fsp3) is 0.0500. The second-order valence-corrected chi connectivity index (χ2v) is 6.13. The highest BCUT2D eigenvalue weighted by atomic mass is 32.1. The van der Waals surface area contributed by atoms with Crippen LogP contribution in [-0.4, -0.2) is 23.0 Å². The Morgan fingerprint density at radius 2 is 1.77 bits per heavy atom. The smallest absolute Gasteiger partial charge is 0.282 e. The van der Waals surface area contributed by atoms with Gasteiger partial charge in [-0.1, -0.05) is 42.5 Å². The molecule has 0 spiro atoms. The maximum atomic E-state index is 12.7. The van der Waals surface area contributed by atoms with Crippen LogP contribution in [-0.2, 0) is 0 Å². The predicted octanol–water partition coefficient (Wildman–Crippen LogP) is 4.10. The van der Waals surface area contributed by atoms with Gasteiger partial charge in [-0.25, -0.2) is 0 Å². The molecule has 6 heteroatoms. The van der Waals surface area contributed by atoms with Gasteiger partial charge in [0.1, 0.15) is 5.75 Å². The Labute approximate surface area is 154 Å². The van der Waals surface area contributed by atoms with Gasteiger partial charge in [-0.05, 0) is 41.2 Å². The molecular weight excluding hydrogens is 346 g/mol. The van der Waals surface area contributed by atoms with E-state index in [9.17, 15) is 4.79 Å².